The van der Waals surface area contributed by atoms with Crippen LogP contribution in [0.5, 0.6) is 0 Å². The Kier molecular flexibility index (Phi) is 17.8. The zero-order valence-corrected chi connectivity index (χ0v) is 28.9. The van der Waals surface area contributed by atoms with E-state index in [1.807, 2.05) is 0 Å². The van der Waals surface area contributed by atoms with Gasteiger partial charge in [0.2, 0.25) is 0 Å². The molecule has 0 bridgehead atoms. The number of alkyl halides is 26. The number of esters is 2. The molecule has 0 aliphatic carbocycles. The molecule has 0 aromatic rings. The van der Waals surface area contributed by atoms with Crippen LogP contribution in [0.3, 0.4) is 0 Å². The van der Waals surface area contributed by atoms with E-state index in [1.165, 1.54) is 0 Å². The van der Waals surface area contributed by atoms with E-state index in [0.717, 1.165) is 0 Å². The highest BCUT2D eigenvalue weighted by atomic mass is 32.2. The standard InChI is InChI=1S/C20H10F26O4.C4H6O7S/c21-9(22,11(25,26)13(29,30)15(33,34)17(37,38)19(41,42)43)3-5-49-7(47)1-2-8(48)50-6-4-10(23,24)12(27,28)14(31,32)16(35,36)18(39,40)20(44,45)46;5-3(6)1-2(4(7)8)12(9,10)11/h1-2H,3-6H2;2H,1H2,(H,5,6)(H,7,8)(H,9,10,11)/b2-1-;. The van der Waals surface area contributed by atoms with Gasteiger partial charge in [-0.3, -0.25) is 14.1 Å². The fourth-order valence-corrected chi connectivity index (χ4v) is 3.80. The van der Waals surface area contributed by atoms with Crippen molar-refractivity contribution in [3.05, 3.63) is 12.2 Å². The van der Waals surface area contributed by atoms with Gasteiger partial charge in [0, 0.05) is 12.2 Å². The number of ether oxygens (including phenoxy) is 2. The number of hydrogen-bond donors (Lipinski definition) is 3. The van der Waals surface area contributed by atoms with E-state index in [-0.39, 0.29) is 0 Å². The maximum absolute atomic E-state index is 13.6. The minimum Gasteiger partial charge on any atom is -0.481 e. The molecule has 62 heavy (non-hydrogen) atoms. The second-order valence-electron chi connectivity index (χ2n) is 11.1. The van der Waals surface area contributed by atoms with Crippen LogP contribution in [0.25, 0.3) is 0 Å². The topological polar surface area (TPSA) is 182 Å². The highest BCUT2D eigenvalue weighted by Crippen LogP contribution is 2.62. The minimum atomic E-state index is -8.25. The van der Waals surface area contributed by atoms with Crippen molar-refractivity contribution in [3.63, 3.8) is 0 Å². The third-order valence-corrected chi connectivity index (χ3v) is 7.76. The lowest BCUT2D eigenvalue weighted by Crippen LogP contribution is -2.70. The predicted octanol–water partition coefficient (Wildman–Crippen LogP) is 7.69. The van der Waals surface area contributed by atoms with Crippen molar-refractivity contribution in [2.45, 2.75) is 96.1 Å². The molecule has 1 unspecified atom stereocenters. The highest BCUT2D eigenvalue weighted by Gasteiger charge is 2.92. The number of carboxylic acids is 2. The maximum atomic E-state index is 13.6. The summed E-state index contributed by atoms with van der Waals surface area (Å²) >= 11 is 0. The summed E-state index contributed by atoms with van der Waals surface area (Å²) in [6, 6.07) is 0. The fourth-order valence-electron chi connectivity index (χ4n) is 3.19. The first-order valence-electron chi connectivity index (χ1n) is 14.1. The molecule has 0 aromatic carbocycles. The minimum absolute atomic E-state index is 0.466. The molecule has 0 aliphatic rings. The molecular weight excluding hydrogens is 990 g/mol. The average Bonchev–Trinajstić information content (AvgIpc) is 3.03. The fraction of sp³-hybridized carbons (Fsp3) is 0.750. The summed E-state index contributed by atoms with van der Waals surface area (Å²) in [5, 5.41) is 13.9. The Morgan fingerprint density at radius 2 is 0.694 bits per heavy atom. The van der Waals surface area contributed by atoms with E-state index in [4.69, 9.17) is 14.8 Å². The Balaban J connectivity index is 0. The lowest BCUT2D eigenvalue weighted by molar-refractivity contribution is -0.440. The Labute approximate surface area is 322 Å². The van der Waals surface area contributed by atoms with Gasteiger partial charge in [0.05, 0.1) is 32.5 Å². The van der Waals surface area contributed by atoms with Crippen LogP contribution in [0.1, 0.15) is 19.3 Å². The van der Waals surface area contributed by atoms with Gasteiger partial charge < -0.3 is 19.7 Å². The summed E-state index contributed by atoms with van der Waals surface area (Å²) in [5.74, 6) is -86.1. The number of carboxylic acid groups (broad SMARTS) is 2. The van der Waals surface area contributed by atoms with Crippen LogP contribution in [0.4, 0.5) is 114 Å². The van der Waals surface area contributed by atoms with Gasteiger partial charge in [0.1, 0.15) is 0 Å². The molecule has 0 spiro atoms. The number of rotatable bonds is 20. The van der Waals surface area contributed by atoms with Crippen molar-refractivity contribution in [3.8, 4) is 0 Å². The second kappa shape index (κ2) is 18.4. The van der Waals surface area contributed by atoms with Crippen LogP contribution in [0.2, 0.25) is 0 Å². The molecule has 0 saturated carbocycles. The first-order chi connectivity index (χ1) is 26.7. The molecule has 38 heteroatoms. The van der Waals surface area contributed by atoms with Crippen LogP contribution >= 0.6 is 0 Å². The summed E-state index contributed by atoms with van der Waals surface area (Å²) < 4.78 is 373. The Morgan fingerprint density at radius 1 is 0.452 bits per heavy atom. The molecular formula is C24H16F26O11S. The average molecular weight is 1010 g/mol. The van der Waals surface area contributed by atoms with Crippen molar-refractivity contribution in [1.29, 1.82) is 0 Å². The van der Waals surface area contributed by atoms with E-state index in [0.29, 0.717) is 0 Å². The highest BCUT2D eigenvalue weighted by molar-refractivity contribution is 7.87. The van der Waals surface area contributed by atoms with Crippen molar-refractivity contribution in [2.24, 2.45) is 0 Å². The van der Waals surface area contributed by atoms with Gasteiger partial charge >= 0.3 is 95.5 Å². The van der Waals surface area contributed by atoms with E-state index in [9.17, 15) is 142 Å². The predicted molar refractivity (Wildman–Crippen MR) is 137 cm³/mol. The Morgan fingerprint density at radius 3 is 0.871 bits per heavy atom. The van der Waals surface area contributed by atoms with Crippen molar-refractivity contribution < 1.29 is 166 Å². The van der Waals surface area contributed by atoms with E-state index in [2.05, 4.69) is 9.47 Å². The second-order valence-corrected chi connectivity index (χ2v) is 12.7. The largest absolute Gasteiger partial charge is 0.481 e. The third kappa shape index (κ3) is 11.8. The van der Waals surface area contributed by atoms with Crippen molar-refractivity contribution in [2.75, 3.05) is 13.2 Å². The summed E-state index contributed by atoms with van der Waals surface area (Å²) in [6.45, 7) is -4.74. The lowest BCUT2D eigenvalue weighted by Gasteiger charge is -2.39. The smallest absolute Gasteiger partial charge is 0.460 e. The summed E-state index contributed by atoms with van der Waals surface area (Å²) in [6.07, 6.45) is -23.7. The van der Waals surface area contributed by atoms with Crippen LogP contribution in [0, 0.1) is 0 Å². The number of hydrogen-bond acceptors (Lipinski definition) is 8. The molecule has 3 N–H and O–H groups in total. The van der Waals surface area contributed by atoms with Gasteiger partial charge in [-0.25, -0.2) is 9.59 Å². The number of aliphatic carboxylic acids is 2. The number of carbonyl (C=O) groups excluding carboxylic acids is 2. The van der Waals surface area contributed by atoms with Gasteiger partial charge in [-0.2, -0.15) is 123 Å². The summed E-state index contributed by atoms with van der Waals surface area (Å²) in [4.78, 5) is 42.5. The SMILES string of the molecule is O=C(/C=C\C(=O)OCCC(F)(F)C(F)(F)C(F)(F)C(F)(F)C(F)(F)C(F)(F)F)OCCC(F)(F)C(F)(F)C(F)(F)C(F)(F)C(F)(F)C(F)(F)F.O=C(O)CC(C(=O)O)S(=O)(=O)O. The number of halogens is 26. The number of carbonyl (C=O) groups is 4. The van der Waals surface area contributed by atoms with Gasteiger partial charge in [-0.15, -0.1) is 0 Å². The van der Waals surface area contributed by atoms with Crippen molar-refractivity contribution in [1.82, 2.24) is 0 Å². The Bertz CT molecular complexity index is 1660. The van der Waals surface area contributed by atoms with Gasteiger partial charge in [-0.1, -0.05) is 0 Å². The molecule has 0 aliphatic heterocycles. The Hall–Kier alpha value is -4.29. The molecule has 0 radical (unpaired) electrons. The summed E-state index contributed by atoms with van der Waals surface area (Å²) in [7, 11) is -4.84. The first kappa shape index (κ1) is 59.8. The molecule has 0 rings (SSSR count). The molecule has 0 fully saturated rings. The molecule has 366 valence electrons. The van der Waals surface area contributed by atoms with E-state index < -0.39 is 155 Å². The zero-order valence-electron chi connectivity index (χ0n) is 28.1. The molecule has 11 nitrogen and oxygen atoms in total. The molecule has 0 aromatic heterocycles. The monoisotopic (exact) mass is 1010 g/mol. The summed E-state index contributed by atoms with van der Waals surface area (Å²) in [5.41, 5.74) is 0. The first-order valence-corrected chi connectivity index (χ1v) is 15.6. The quantitative estimate of drug-likeness (QED) is 0.0471. The molecule has 0 heterocycles. The van der Waals surface area contributed by atoms with Crippen LogP contribution in [-0.4, -0.2) is 137 Å². The normalized spacial score (nSPS) is 15.4. The molecule has 0 saturated heterocycles. The third-order valence-electron chi connectivity index (χ3n) is 6.67. The molecule has 0 amide bonds. The van der Waals surface area contributed by atoms with Crippen LogP contribution in [-0.2, 0) is 38.8 Å². The van der Waals surface area contributed by atoms with Gasteiger partial charge in [0.25, 0.3) is 10.1 Å². The zero-order chi connectivity index (χ0) is 50.8. The van der Waals surface area contributed by atoms with Crippen molar-refractivity contribution >= 4 is 34.0 Å². The van der Waals surface area contributed by atoms with E-state index >= 15 is 0 Å². The maximum Gasteiger partial charge on any atom is 0.460 e. The van der Waals surface area contributed by atoms with Crippen LogP contribution in [0.15, 0.2) is 12.2 Å². The lowest BCUT2D eigenvalue weighted by atomic mass is 9.93. The van der Waals surface area contributed by atoms with Crippen LogP contribution < -0.4 is 0 Å². The molecule has 1 atom stereocenters. The van der Waals surface area contributed by atoms with Gasteiger partial charge in [0.15, 0.2) is 5.25 Å². The van der Waals surface area contributed by atoms with E-state index in [1.54, 1.807) is 0 Å². The van der Waals surface area contributed by atoms with Gasteiger partial charge in [-0.05, 0) is 0 Å².